The van der Waals surface area contributed by atoms with E-state index in [4.69, 9.17) is 0 Å². The van der Waals surface area contributed by atoms with Crippen LogP contribution in [0.3, 0.4) is 0 Å². The third-order valence-electron chi connectivity index (χ3n) is 3.93. The number of nitrogens with zero attached hydrogens (tertiary/aromatic N) is 4. The summed E-state index contributed by atoms with van der Waals surface area (Å²) in [5.74, 6) is 0.00121. The molecule has 0 aliphatic heterocycles. The summed E-state index contributed by atoms with van der Waals surface area (Å²) >= 11 is 1.36. The average Bonchev–Trinajstić information content (AvgIpc) is 3.35. The number of rotatable bonds is 6. The Kier molecular flexibility index (Phi) is 4.47. The molecule has 1 heterocycles. The van der Waals surface area contributed by atoms with Crippen molar-refractivity contribution in [1.29, 1.82) is 0 Å². The number of carbonyl (C=O) groups is 1. The average molecular weight is 351 g/mol. The minimum atomic E-state index is -0.393. The second-order valence-corrected chi connectivity index (χ2v) is 6.97. The van der Waals surface area contributed by atoms with E-state index in [0.29, 0.717) is 11.2 Å². The van der Waals surface area contributed by atoms with Crippen molar-refractivity contribution in [3.8, 4) is 5.69 Å². The van der Waals surface area contributed by atoms with Crippen LogP contribution in [-0.2, 0) is 4.79 Å². The summed E-state index contributed by atoms with van der Waals surface area (Å²) in [5.41, 5.74) is 1.80. The summed E-state index contributed by atoms with van der Waals surface area (Å²) < 4.78 is 1.66. The zero-order chi connectivity index (χ0) is 17.1. The molecule has 7 heteroatoms. The molecule has 1 aliphatic carbocycles. The van der Waals surface area contributed by atoms with Crippen LogP contribution in [0, 0.1) is 0 Å². The number of hydrogen-bond donors (Lipinski definition) is 1. The van der Waals surface area contributed by atoms with Crippen LogP contribution in [0.25, 0.3) is 5.69 Å². The predicted molar refractivity (Wildman–Crippen MR) is 95.4 cm³/mol. The Morgan fingerprint density at radius 2 is 1.76 bits per heavy atom. The molecule has 0 bridgehead atoms. The van der Waals surface area contributed by atoms with Gasteiger partial charge in [-0.3, -0.25) is 4.79 Å². The van der Waals surface area contributed by atoms with Crippen molar-refractivity contribution in [3.63, 3.8) is 0 Å². The third-order valence-corrected chi connectivity index (χ3v) is 5.12. The molecule has 1 aromatic heterocycles. The molecule has 0 saturated heterocycles. The van der Waals surface area contributed by atoms with Crippen LogP contribution in [0.4, 0.5) is 0 Å². The van der Waals surface area contributed by atoms with E-state index in [1.165, 1.54) is 11.8 Å². The zero-order valence-electron chi connectivity index (χ0n) is 13.4. The topological polar surface area (TPSA) is 72.7 Å². The molecular formula is C18H17N5OS. The first kappa shape index (κ1) is 15.8. The highest BCUT2D eigenvalue weighted by Gasteiger charge is 2.30. The second-order valence-electron chi connectivity index (χ2n) is 5.90. The molecule has 4 rings (SSSR count). The predicted octanol–water partition coefficient (Wildman–Crippen LogP) is 2.77. The van der Waals surface area contributed by atoms with Crippen molar-refractivity contribution in [2.45, 2.75) is 29.3 Å². The number of para-hydroxylation sites is 1. The first-order chi connectivity index (χ1) is 12.3. The molecule has 1 unspecified atom stereocenters. The molecule has 1 aliphatic rings. The van der Waals surface area contributed by atoms with Crippen LogP contribution in [-0.4, -0.2) is 32.2 Å². The number of thioether (sulfide) groups is 1. The smallest absolute Gasteiger partial charge is 0.238 e. The number of nitrogens with one attached hydrogen (secondary N) is 1. The van der Waals surface area contributed by atoms with Crippen LogP contribution in [0.15, 0.2) is 65.8 Å². The molecule has 25 heavy (non-hydrogen) atoms. The molecule has 1 fully saturated rings. The fourth-order valence-corrected chi connectivity index (χ4v) is 3.50. The molecule has 3 aromatic rings. The van der Waals surface area contributed by atoms with Crippen molar-refractivity contribution < 1.29 is 4.79 Å². The van der Waals surface area contributed by atoms with E-state index >= 15 is 0 Å². The maximum absolute atomic E-state index is 12.8. The normalized spacial score (nSPS) is 14.9. The van der Waals surface area contributed by atoms with Gasteiger partial charge in [0.25, 0.3) is 0 Å². The monoisotopic (exact) mass is 351 g/mol. The van der Waals surface area contributed by atoms with Crippen molar-refractivity contribution in [1.82, 2.24) is 25.5 Å². The van der Waals surface area contributed by atoms with Crippen LogP contribution in [0.2, 0.25) is 0 Å². The Hall–Kier alpha value is -2.67. The lowest BCUT2D eigenvalue weighted by atomic mass is 10.1. The van der Waals surface area contributed by atoms with E-state index in [9.17, 15) is 4.79 Å². The number of amides is 1. The molecule has 0 radical (unpaired) electrons. The minimum Gasteiger partial charge on any atom is -0.352 e. The van der Waals surface area contributed by atoms with E-state index in [1.54, 1.807) is 4.68 Å². The van der Waals surface area contributed by atoms with Gasteiger partial charge in [-0.15, -0.1) is 5.10 Å². The van der Waals surface area contributed by atoms with Gasteiger partial charge in [0.1, 0.15) is 5.25 Å². The molecule has 126 valence electrons. The Balaban J connectivity index is 1.63. The minimum absolute atomic E-state index is 0.00121. The standard InChI is InChI=1S/C18H17N5OS/c24-17(19-14-11-12-14)16(13-7-3-1-4-8-13)25-18-20-21-22-23(18)15-9-5-2-6-10-15/h1-10,14,16H,11-12H2,(H,19,24). The molecule has 6 nitrogen and oxygen atoms in total. The molecule has 2 aromatic carbocycles. The molecule has 1 saturated carbocycles. The molecule has 0 spiro atoms. The van der Waals surface area contributed by atoms with E-state index in [2.05, 4.69) is 20.8 Å². The Morgan fingerprint density at radius 1 is 1.08 bits per heavy atom. The first-order valence-corrected chi connectivity index (χ1v) is 9.05. The highest BCUT2D eigenvalue weighted by molar-refractivity contribution is 8.00. The van der Waals surface area contributed by atoms with Gasteiger partial charge in [-0.1, -0.05) is 60.3 Å². The van der Waals surface area contributed by atoms with E-state index in [-0.39, 0.29) is 5.91 Å². The van der Waals surface area contributed by atoms with Gasteiger partial charge in [-0.05, 0) is 41.0 Å². The van der Waals surface area contributed by atoms with Crippen molar-refractivity contribution in [2.75, 3.05) is 0 Å². The van der Waals surface area contributed by atoms with E-state index in [1.807, 2.05) is 60.7 Å². The lowest BCUT2D eigenvalue weighted by Gasteiger charge is -2.16. The SMILES string of the molecule is O=C(NC1CC1)C(Sc1nnnn1-c1ccccc1)c1ccccc1. The quantitative estimate of drug-likeness (QED) is 0.691. The number of aromatic nitrogens is 4. The number of benzene rings is 2. The van der Waals surface area contributed by atoms with Crippen molar-refractivity contribution in [2.24, 2.45) is 0 Å². The first-order valence-electron chi connectivity index (χ1n) is 8.17. The van der Waals surface area contributed by atoms with Crippen molar-refractivity contribution in [3.05, 3.63) is 66.2 Å². The summed E-state index contributed by atoms with van der Waals surface area (Å²) in [6.07, 6.45) is 2.11. The maximum Gasteiger partial charge on any atom is 0.238 e. The van der Waals surface area contributed by atoms with Crippen LogP contribution in [0.5, 0.6) is 0 Å². The van der Waals surface area contributed by atoms with Gasteiger partial charge < -0.3 is 5.32 Å². The van der Waals surface area contributed by atoms with E-state index < -0.39 is 5.25 Å². The molecule has 1 amide bonds. The number of hydrogen-bond acceptors (Lipinski definition) is 5. The van der Waals surface area contributed by atoms with Gasteiger partial charge in [0.15, 0.2) is 0 Å². The second kappa shape index (κ2) is 7.06. The summed E-state index contributed by atoms with van der Waals surface area (Å²) in [6, 6.07) is 19.7. The summed E-state index contributed by atoms with van der Waals surface area (Å²) in [6.45, 7) is 0. The summed E-state index contributed by atoms with van der Waals surface area (Å²) in [4.78, 5) is 12.8. The Morgan fingerprint density at radius 3 is 2.44 bits per heavy atom. The highest BCUT2D eigenvalue weighted by atomic mass is 32.2. The van der Waals surface area contributed by atoms with Gasteiger partial charge in [0.05, 0.1) is 5.69 Å². The fourth-order valence-electron chi connectivity index (χ4n) is 2.49. The molecular weight excluding hydrogens is 334 g/mol. The van der Waals surface area contributed by atoms with Gasteiger partial charge in [-0.2, -0.15) is 4.68 Å². The number of carbonyl (C=O) groups excluding carboxylic acids is 1. The largest absolute Gasteiger partial charge is 0.352 e. The molecule has 1 atom stereocenters. The fraction of sp³-hybridized carbons (Fsp3) is 0.222. The van der Waals surface area contributed by atoms with Crippen LogP contribution >= 0.6 is 11.8 Å². The van der Waals surface area contributed by atoms with Gasteiger partial charge in [0, 0.05) is 6.04 Å². The summed E-state index contributed by atoms with van der Waals surface area (Å²) in [5, 5.41) is 15.3. The van der Waals surface area contributed by atoms with Gasteiger partial charge in [0.2, 0.25) is 11.1 Å². The molecule has 1 N–H and O–H groups in total. The van der Waals surface area contributed by atoms with Crippen LogP contribution in [0.1, 0.15) is 23.7 Å². The zero-order valence-corrected chi connectivity index (χ0v) is 14.3. The third kappa shape index (κ3) is 3.71. The maximum atomic E-state index is 12.8. The Labute approximate surface area is 149 Å². The van der Waals surface area contributed by atoms with Crippen molar-refractivity contribution >= 4 is 17.7 Å². The lowest BCUT2D eigenvalue weighted by Crippen LogP contribution is -2.29. The lowest BCUT2D eigenvalue weighted by molar-refractivity contribution is -0.120. The van der Waals surface area contributed by atoms with Crippen LogP contribution < -0.4 is 5.32 Å². The van der Waals surface area contributed by atoms with E-state index in [0.717, 1.165) is 24.1 Å². The highest BCUT2D eigenvalue weighted by Crippen LogP contribution is 2.35. The van der Waals surface area contributed by atoms with Gasteiger partial charge >= 0.3 is 0 Å². The van der Waals surface area contributed by atoms with Gasteiger partial charge in [-0.25, -0.2) is 0 Å². The Bertz CT molecular complexity index is 848. The summed E-state index contributed by atoms with van der Waals surface area (Å²) in [7, 11) is 0. The number of tetrazole rings is 1.